The number of hydrogen-bond acceptors (Lipinski definition) is 4. The van der Waals surface area contributed by atoms with Crippen LogP contribution in [0.25, 0.3) is 11.3 Å². The molecule has 19 heavy (non-hydrogen) atoms. The summed E-state index contributed by atoms with van der Waals surface area (Å²) < 4.78 is 1.05. The summed E-state index contributed by atoms with van der Waals surface area (Å²) in [5.74, 6) is 0.779. The van der Waals surface area contributed by atoms with Crippen LogP contribution in [-0.4, -0.2) is 22.8 Å². The summed E-state index contributed by atoms with van der Waals surface area (Å²) in [6, 6.07) is 12.1. The molecule has 2 aromatic rings. The van der Waals surface area contributed by atoms with Gasteiger partial charge in [-0.1, -0.05) is 28.1 Å². The summed E-state index contributed by atoms with van der Waals surface area (Å²) in [6.45, 7) is 2.80. The van der Waals surface area contributed by atoms with Crippen molar-refractivity contribution in [2.24, 2.45) is 5.73 Å². The highest BCUT2D eigenvalue weighted by molar-refractivity contribution is 9.10. The van der Waals surface area contributed by atoms with Crippen molar-refractivity contribution >= 4 is 21.7 Å². The average Bonchev–Trinajstić information content (AvgIpc) is 2.40. The largest absolute Gasteiger partial charge is 0.369 e. The zero-order valence-corrected chi connectivity index (χ0v) is 12.4. The van der Waals surface area contributed by atoms with Crippen LogP contribution in [-0.2, 0) is 0 Å². The number of nitrogens with one attached hydrogen (secondary N) is 1. The predicted octanol–water partition coefficient (Wildman–Crippen LogP) is 3.06. The van der Waals surface area contributed by atoms with Crippen molar-refractivity contribution < 1.29 is 0 Å². The molecule has 5 heteroatoms. The molecule has 1 unspecified atom stereocenters. The lowest BCUT2D eigenvalue weighted by Gasteiger charge is -2.07. The van der Waals surface area contributed by atoms with E-state index in [0.29, 0.717) is 0 Å². The molecule has 1 aromatic carbocycles. The number of aromatic nitrogens is 2. The Kier molecular flexibility index (Phi) is 4.87. The van der Waals surface area contributed by atoms with Crippen LogP contribution in [0.15, 0.2) is 40.9 Å². The number of halogens is 1. The molecule has 100 valence electrons. The van der Waals surface area contributed by atoms with Crippen molar-refractivity contribution in [2.45, 2.75) is 19.4 Å². The Labute approximate surface area is 121 Å². The van der Waals surface area contributed by atoms with Gasteiger partial charge in [-0.05, 0) is 37.6 Å². The molecule has 1 heterocycles. The van der Waals surface area contributed by atoms with Crippen LogP contribution >= 0.6 is 15.9 Å². The Bertz CT molecular complexity index is 508. The van der Waals surface area contributed by atoms with Crippen molar-refractivity contribution in [3.8, 4) is 11.3 Å². The van der Waals surface area contributed by atoms with Gasteiger partial charge in [0.25, 0.3) is 0 Å². The lowest BCUT2D eigenvalue weighted by molar-refractivity contribution is 0.688. The van der Waals surface area contributed by atoms with E-state index in [1.54, 1.807) is 0 Å². The first-order valence-corrected chi connectivity index (χ1v) is 7.03. The standard InChI is InChI=1S/C14H17BrN4/c1-10(16)8-9-17-14-7-6-13(18-19-14)11-2-4-12(15)5-3-11/h2-7,10H,8-9,16H2,1H3,(H,17,19). The minimum atomic E-state index is 0.197. The van der Waals surface area contributed by atoms with Gasteiger partial charge in [-0.15, -0.1) is 10.2 Å². The molecule has 0 saturated heterocycles. The van der Waals surface area contributed by atoms with E-state index < -0.39 is 0 Å². The lowest BCUT2D eigenvalue weighted by atomic mass is 10.1. The number of rotatable bonds is 5. The van der Waals surface area contributed by atoms with E-state index in [0.717, 1.165) is 34.5 Å². The average molecular weight is 321 g/mol. The second-order valence-corrected chi connectivity index (χ2v) is 5.42. The molecule has 0 spiro atoms. The van der Waals surface area contributed by atoms with Gasteiger partial charge in [0.15, 0.2) is 0 Å². The van der Waals surface area contributed by atoms with Gasteiger partial charge < -0.3 is 11.1 Å². The summed E-state index contributed by atoms with van der Waals surface area (Å²) in [5.41, 5.74) is 7.61. The number of benzene rings is 1. The molecule has 1 aromatic heterocycles. The summed E-state index contributed by atoms with van der Waals surface area (Å²) in [6.07, 6.45) is 0.913. The van der Waals surface area contributed by atoms with Crippen molar-refractivity contribution in [3.63, 3.8) is 0 Å². The van der Waals surface area contributed by atoms with Crippen LogP contribution in [0, 0.1) is 0 Å². The molecule has 0 saturated carbocycles. The third kappa shape index (κ3) is 4.29. The molecule has 0 aliphatic heterocycles. The van der Waals surface area contributed by atoms with Gasteiger partial charge in [0, 0.05) is 22.6 Å². The molecule has 2 rings (SSSR count). The molecule has 3 N–H and O–H groups in total. The van der Waals surface area contributed by atoms with Crippen LogP contribution in [0.1, 0.15) is 13.3 Å². The maximum Gasteiger partial charge on any atom is 0.148 e. The van der Waals surface area contributed by atoms with Crippen molar-refractivity contribution in [2.75, 3.05) is 11.9 Å². The zero-order valence-electron chi connectivity index (χ0n) is 10.8. The highest BCUT2D eigenvalue weighted by Gasteiger charge is 2.01. The fourth-order valence-corrected chi connectivity index (χ4v) is 1.89. The first-order chi connectivity index (χ1) is 9.15. The van der Waals surface area contributed by atoms with Gasteiger partial charge in [-0.3, -0.25) is 0 Å². The SMILES string of the molecule is CC(N)CCNc1ccc(-c2ccc(Br)cc2)nn1. The van der Waals surface area contributed by atoms with Gasteiger partial charge >= 0.3 is 0 Å². The van der Waals surface area contributed by atoms with E-state index >= 15 is 0 Å². The second-order valence-electron chi connectivity index (χ2n) is 4.50. The Morgan fingerprint density at radius 3 is 2.47 bits per heavy atom. The zero-order chi connectivity index (χ0) is 13.7. The third-order valence-corrected chi connectivity index (χ3v) is 3.24. The number of hydrogen-bond donors (Lipinski definition) is 2. The monoisotopic (exact) mass is 320 g/mol. The Morgan fingerprint density at radius 1 is 1.16 bits per heavy atom. The molecule has 4 nitrogen and oxygen atoms in total. The van der Waals surface area contributed by atoms with E-state index in [9.17, 15) is 0 Å². The maximum absolute atomic E-state index is 5.69. The Balaban J connectivity index is 2.00. The molecule has 0 aliphatic carbocycles. The molecular weight excluding hydrogens is 304 g/mol. The molecular formula is C14H17BrN4. The highest BCUT2D eigenvalue weighted by atomic mass is 79.9. The Hall–Kier alpha value is -1.46. The minimum absolute atomic E-state index is 0.197. The fourth-order valence-electron chi connectivity index (χ4n) is 1.63. The third-order valence-electron chi connectivity index (χ3n) is 2.71. The van der Waals surface area contributed by atoms with Gasteiger partial charge in [0.2, 0.25) is 0 Å². The van der Waals surface area contributed by atoms with Crippen LogP contribution < -0.4 is 11.1 Å². The summed E-state index contributed by atoms with van der Waals surface area (Å²) >= 11 is 3.41. The molecule has 0 amide bonds. The molecule has 0 bridgehead atoms. The van der Waals surface area contributed by atoms with Crippen LogP contribution in [0.5, 0.6) is 0 Å². The predicted molar refractivity (Wildman–Crippen MR) is 81.9 cm³/mol. The van der Waals surface area contributed by atoms with Gasteiger partial charge in [0.05, 0.1) is 5.69 Å². The molecule has 0 aliphatic rings. The molecule has 0 radical (unpaired) electrons. The van der Waals surface area contributed by atoms with Crippen molar-refractivity contribution in [1.29, 1.82) is 0 Å². The van der Waals surface area contributed by atoms with E-state index in [2.05, 4.69) is 31.4 Å². The summed E-state index contributed by atoms with van der Waals surface area (Å²) in [7, 11) is 0. The van der Waals surface area contributed by atoms with Crippen LogP contribution in [0.2, 0.25) is 0 Å². The minimum Gasteiger partial charge on any atom is -0.369 e. The summed E-state index contributed by atoms with van der Waals surface area (Å²) in [5, 5.41) is 11.6. The van der Waals surface area contributed by atoms with Crippen LogP contribution in [0.3, 0.4) is 0 Å². The van der Waals surface area contributed by atoms with Gasteiger partial charge in [0.1, 0.15) is 5.82 Å². The molecule has 0 fully saturated rings. The normalized spacial score (nSPS) is 12.2. The first kappa shape index (κ1) is 14.0. The number of nitrogens with two attached hydrogens (primary N) is 1. The topological polar surface area (TPSA) is 63.8 Å². The second kappa shape index (κ2) is 6.63. The van der Waals surface area contributed by atoms with Gasteiger partial charge in [-0.25, -0.2) is 0 Å². The van der Waals surface area contributed by atoms with Gasteiger partial charge in [-0.2, -0.15) is 0 Å². The van der Waals surface area contributed by atoms with E-state index in [1.807, 2.05) is 43.3 Å². The quantitative estimate of drug-likeness (QED) is 0.888. The smallest absolute Gasteiger partial charge is 0.148 e. The summed E-state index contributed by atoms with van der Waals surface area (Å²) in [4.78, 5) is 0. The fraction of sp³-hybridized carbons (Fsp3) is 0.286. The molecule has 1 atom stereocenters. The Morgan fingerprint density at radius 2 is 1.89 bits per heavy atom. The highest BCUT2D eigenvalue weighted by Crippen LogP contribution is 2.19. The maximum atomic E-state index is 5.69. The van der Waals surface area contributed by atoms with E-state index in [-0.39, 0.29) is 6.04 Å². The van der Waals surface area contributed by atoms with Crippen LogP contribution in [0.4, 0.5) is 5.82 Å². The number of anilines is 1. The number of nitrogens with zero attached hydrogens (tertiary/aromatic N) is 2. The lowest BCUT2D eigenvalue weighted by Crippen LogP contribution is -2.19. The van der Waals surface area contributed by atoms with Crippen molar-refractivity contribution in [1.82, 2.24) is 10.2 Å². The van der Waals surface area contributed by atoms with Crippen molar-refractivity contribution in [3.05, 3.63) is 40.9 Å². The van der Waals surface area contributed by atoms with E-state index in [1.165, 1.54) is 0 Å². The van der Waals surface area contributed by atoms with E-state index in [4.69, 9.17) is 5.73 Å². The first-order valence-electron chi connectivity index (χ1n) is 6.24.